The molecule has 0 saturated heterocycles. The Labute approximate surface area is 121 Å². The number of allylic oxidation sites excluding steroid dienone is 1. The number of carbonyl (C=O) groups is 2. The molecule has 0 rings (SSSR count). The van der Waals surface area contributed by atoms with Crippen LogP contribution in [0.4, 0.5) is 0 Å². The summed E-state index contributed by atoms with van der Waals surface area (Å²) in [5.41, 5.74) is 0. The summed E-state index contributed by atoms with van der Waals surface area (Å²) in [6.45, 7) is 2.55. The molecule has 20 heavy (non-hydrogen) atoms. The van der Waals surface area contributed by atoms with E-state index in [1.807, 2.05) is 21.1 Å². The normalized spacial score (nSPS) is 13.4. The summed E-state index contributed by atoms with van der Waals surface area (Å²) in [6, 6.07) is 0. The molecule has 0 aliphatic heterocycles. The van der Waals surface area contributed by atoms with E-state index < -0.39 is 18.0 Å². The zero-order chi connectivity index (χ0) is 15.6. The Hall–Kier alpha value is -1.36. The molecular weight excluding hydrogens is 258 g/mol. The first-order chi connectivity index (χ1) is 9.24. The van der Waals surface area contributed by atoms with E-state index in [2.05, 4.69) is 6.92 Å². The van der Waals surface area contributed by atoms with Crippen molar-refractivity contribution in [1.82, 2.24) is 0 Å². The van der Waals surface area contributed by atoms with Crippen molar-refractivity contribution in [2.24, 2.45) is 0 Å². The monoisotopic (exact) mass is 285 g/mol. The molecule has 0 saturated carbocycles. The molecule has 116 valence electrons. The molecule has 0 amide bonds. The number of esters is 1. The number of likely N-dealkylation sites (N-methyl/N-ethyl adjacent to an activating group) is 1. The van der Waals surface area contributed by atoms with E-state index in [0.29, 0.717) is 11.0 Å². The first kappa shape index (κ1) is 18.6. The van der Waals surface area contributed by atoms with Crippen LogP contribution in [-0.4, -0.2) is 50.2 Å². The zero-order valence-electron chi connectivity index (χ0n) is 13.1. The van der Waals surface area contributed by atoms with Gasteiger partial charge in [-0.2, -0.15) is 0 Å². The summed E-state index contributed by atoms with van der Waals surface area (Å²) >= 11 is 0. The molecule has 0 fully saturated rings. The zero-order valence-corrected chi connectivity index (χ0v) is 13.1. The molecular formula is C15H27NO4. The highest BCUT2D eigenvalue weighted by molar-refractivity contribution is 5.82. The SMILES string of the molecule is CCCCCC=CC(=O)OC(CC(=O)[O-])C[N+](C)(C)C. The number of quaternary nitrogens is 1. The van der Waals surface area contributed by atoms with E-state index in [0.717, 1.165) is 25.7 Å². The van der Waals surface area contributed by atoms with Crippen LogP contribution in [0, 0.1) is 0 Å². The summed E-state index contributed by atoms with van der Waals surface area (Å²) in [4.78, 5) is 22.3. The summed E-state index contributed by atoms with van der Waals surface area (Å²) in [5, 5.41) is 10.7. The molecule has 1 atom stereocenters. The van der Waals surface area contributed by atoms with Crippen LogP contribution in [0.2, 0.25) is 0 Å². The van der Waals surface area contributed by atoms with Crippen LogP contribution in [0.3, 0.4) is 0 Å². The molecule has 0 aliphatic rings. The summed E-state index contributed by atoms with van der Waals surface area (Å²) in [6.07, 6.45) is 6.38. The minimum atomic E-state index is -1.21. The lowest BCUT2D eigenvalue weighted by Crippen LogP contribution is -2.45. The van der Waals surface area contributed by atoms with Crippen molar-refractivity contribution in [2.45, 2.75) is 45.1 Å². The van der Waals surface area contributed by atoms with Gasteiger partial charge in [-0.15, -0.1) is 0 Å². The number of carbonyl (C=O) groups excluding carboxylic acids is 2. The van der Waals surface area contributed by atoms with Crippen molar-refractivity contribution >= 4 is 11.9 Å². The molecule has 0 N–H and O–H groups in total. The predicted octanol–water partition coefficient (Wildman–Crippen LogP) is 0.881. The number of carboxylic acid groups (broad SMARTS) is 1. The van der Waals surface area contributed by atoms with Crippen LogP contribution in [0.1, 0.15) is 39.0 Å². The molecule has 0 aromatic rings. The van der Waals surface area contributed by atoms with Gasteiger partial charge < -0.3 is 19.1 Å². The summed E-state index contributed by atoms with van der Waals surface area (Å²) < 4.78 is 5.70. The van der Waals surface area contributed by atoms with Crippen molar-refractivity contribution < 1.29 is 23.9 Å². The van der Waals surface area contributed by atoms with Crippen LogP contribution in [0.5, 0.6) is 0 Å². The highest BCUT2D eigenvalue weighted by atomic mass is 16.5. The van der Waals surface area contributed by atoms with Crippen molar-refractivity contribution in [1.29, 1.82) is 0 Å². The largest absolute Gasteiger partial charge is 0.550 e. The second kappa shape index (κ2) is 9.53. The minimum Gasteiger partial charge on any atom is -0.550 e. The van der Waals surface area contributed by atoms with Gasteiger partial charge >= 0.3 is 5.97 Å². The molecule has 5 nitrogen and oxygen atoms in total. The molecule has 0 aliphatic carbocycles. The molecule has 0 radical (unpaired) electrons. The fourth-order valence-electron chi connectivity index (χ4n) is 1.84. The lowest BCUT2D eigenvalue weighted by molar-refractivity contribution is -0.873. The van der Waals surface area contributed by atoms with Gasteiger partial charge in [-0.1, -0.05) is 25.8 Å². The van der Waals surface area contributed by atoms with E-state index in [1.165, 1.54) is 6.08 Å². The number of nitrogens with zero attached hydrogens (tertiary/aromatic N) is 1. The number of unbranched alkanes of at least 4 members (excludes halogenated alkanes) is 3. The number of hydrogen-bond acceptors (Lipinski definition) is 4. The van der Waals surface area contributed by atoms with Gasteiger partial charge in [0, 0.05) is 18.5 Å². The maximum Gasteiger partial charge on any atom is 0.330 e. The first-order valence-corrected chi connectivity index (χ1v) is 7.12. The molecule has 0 bridgehead atoms. The smallest absolute Gasteiger partial charge is 0.330 e. The van der Waals surface area contributed by atoms with Crippen molar-refractivity contribution in [2.75, 3.05) is 27.7 Å². The lowest BCUT2D eigenvalue weighted by Gasteiger charge is -2.29. The molecule has 0 heterocycles. The van der Waals surface area contributed by atoms with E-state index >= 15 is 0 Å². The summed E-state index contributed by atoms with van der Waals surface area (Å²) in [7, 11) is 5.74. The Bertz CT molecular complexity index is 331. The Balaban J connectivity index is 4.27. The van der Waals surface area contributed by atoms with E-state index in [4.69, 9.17) is 4.74 Å². The van der Waals surface area contributed by atoms with Crippen LogP contribution in [0.25, 0.3) is 0 Å². The van der Waals surface area contributed by atoms with Gasteiger partial charge in [-0.3, -0.25) is 0 Å². The fraction of sp³-hybridized carbons (Fsp3) is 0.733. The third-order valence-electron chi connectivity index (χ3n) is 2.66. The number of ether oxygens (including phenoxy) is 1. The molecule has 0 aromatic heterocycles. The average molecular weight is 285 g/mol. The molecule has 1 unspecified atom stereocenters. The Kier molecular flexibility index (Phi) is 8.88. The van der Waals surface area contributed by atoms with Gasteiger partial charge in [-0.25, -0.2) is 4.79 Å². The minimum absolute atomic E-state index is 0.273. The molecule has 0 aromatic carbocycles. The average Bonchev–Trinajstić information content (AvgIpc) is 2.25. The molecule has 5 heteroatoms. The highest BCUT2D eigenvalue weighted by Gasteiger charge is 2.21. The summed E-state index contributed by atoms with van der Waals surface area (Å²) in [5.74, 6) is -1.69. The highest BCUT2D eigenvalue weighted by Crippen LogP contribution is 2.06. The third-order valence-corrected chi connectivity index (χ3v) is 2.66. The number of carboxylic acids is 1. The Morgan fingerprint density at radius 2 is 1.90 bits per heavy atom. The quantitative estimate of drug-likeness (QED) is 0.259. The molecule has 0 spiro atoms. The predicted molar refractivity (Wildman–Crippen MR) is 75.7 cm³/mol. The lowest BCUT2D eigenvalue weighted by atomic mass is 10.2. The van der Waals surface area contributed by atoms with Gasteiger partial charge in [0.15, 0.2) is 6.10 Å². The maximum atomic E-state index is 11.6. The van der Waals surface area contributed by atoms with E-state index in [1.54, 1.807) is 6.08 Å². The van der Waals surface area contributed by atoms with Crippen molar-refractivity contribution in [3.05, 3.63) is 12.2 Å². The second-order valence-electron chi connectivity index (χ2n) is 6.01. The standard InChI is InChI=1S/C15H27NO4/c1-5-6-7-8-9-10-15(19)20-13(11-14(17)18)12-16(2,3)4/h9-10,13H,5-8,11-12H2,1-4H3. The van der Waals surface area contributed by atoms with Gasteiger partial charge in [0.2, 0.25) is 0 Å². The number of aliphatic carboxylic acids is 1. The number of rotatable bonds is 10. The Morgan fingerprint density at radius 1 is 1.25 bits per heavy atom. The van der Waals surface area contributed by atoms with Gasteiger partial charge in [0.25, 0.3) is 0 Å². The van der Waals surface area contributed by atoms with Crippen molar-refractivity contribution in [3.8, 4) is 0 Å². The fourth-order valence-corrected chi connectivity index (χ4v) is 1.84. The van der Waals surface area contributed by atoms with Crippen LogP contribution in [0.15, 0.2) is 12.2 Å². The van der Waals surface area contributed by atoms with Gasteiger partial charge in [-0.05, 0) is 12.8 Å². The van der Waals surface area contributed by atoms with Gasteiger partial charge in [0.1, 0.15) is 6.54 Å². The third kappa shape index (κ3) is 11.7. The Morgan fingerprint density at radius 3 is 2.40 bits per heavy atom. The topological polar surface area (TPSA) is 66.4 Å². The maximum absolute atomic E-state index is 11.6. The van der Waals surface area contributed by atoms with E-state index in [-0.39, 0.29) is 6.42 Å². The van der Waals surface area contributed by atoms with Gasteiger partial charge in [0.05, 0.1) is 21.1 Å². The number of hydrogen-bond donors (Lipinski definition) is 0. The first-order valence-electron chi connectivity index (χ1n) is 7.12. The van der Waals surface area contributed by atoms with E-state index in [9.17, 15) is 14.7 Å². The second-order valence-corrected chi connectivity index (χ2v) is 6.01. The van der Waals surface area contributed by atoms with Crippen molar-refractivity contribution in [3.63, 3.8) is 0 Å². The van der Waals surface area contributed by atoms with Crippen LogP contribution in [-0.2, 0) is 14.3 Å². The van der Waals surface area contributed by atoms with Crippen LogP contribution >= 0.6 is 0 Å². The van der Waals surface area contributed by atoms with Crippen LogP contribution < -0.4 is 5.11 Å².